The topological polar surface area (TPSA) is 69.0 Å². The number of anilines is 1. The molecule has 7 heteroatoms. The van der Waals surface area contributed by atoms with Crippen molar-refractivity contribution in [1.29, 1.82) is 0 Å². The molecular formula is C28H24N4O2S. The molecule has 5 aromatic rings. The zero-order valence-electron chi connectivity index (χ0n) is 19.3. The maximum atomic E-state index is 12.9. The van der Waals surface area contributed by atoms with Gasteiger partial charge < -0.3 is 10.1 Å². The van der Waals surface area contributed by atoms with Crippen LogP contribution in [0.5, 0.6) is 5.75 Å². The summed E-state index contributed by atoms with van der Waals surface area (Å²) in [6.45, 7) is 2.56. The number of benzene rings is 3. The molecule has 0 radical (unpaired) electrons. The number of para-hydroxylation sites is 2. The van der Waals surface area contributed by atoms with Gasteiger partial charge in [-0.1, -0.05) is 72.0 Å². The van der Waals surface area contributed by atoms with Crippen LogP contribution in [0.25, 0.3) is 15.3 Å². The molecule has 1 aliphatic rings. The summed E-state index contributed by atoms with van der Waals surface area (Å²) in [4.78, 5) is 17.6. The number of hydrogen-bond acceptors (Lipinski definition) is 5. The van der Waals surface area contributed by atoms with Gasteiger partial charge in [-0.25, -0.2) is 4.98 Å². The predicted molar refractivity (Wildman–Crippen MR) is 139 cm³/mol. The summed E-state index contributed by atoms with van der Waals surface area (Å²) in [5, 5.41) is 8.61. The van der Waals surface area contributed by atoms with Crippen LogP contribution in [-0.2, 0) is 11.2 Å². The molecule has 3 heterocycles. The van der Waals surface area contributed by atoms with Crippen molar-refractivity contribution in [3.05, 3.63) is 101 Å². The number of fused-ring (bicyclic) bond motifs is 2. The van der Waals surface area contributed by atoms with Crippen LogP contribution in [-0.4, -0.2) is 27.3 Å². The minimum absolute atomic E-state index is 0.0381. The number of carbonyl (C=O) groups excluding carboxylic acids is 1. The Morgan fingerprint density at radius 2 is 1.80 bits per heavy atom. The van der Waals surface area contributed by atoms with Crippen LogP contribution >= 0.6 is 11.3 Å². The first-order valence-corrected chi connectivity index (χ1v) is 12.5. The van der Waals surface area contributed by atoms with Crippen molar-refractivity contribution in [3.63, 3.8) is 0 Å². The lowest BCUT2D eigenvalue weighted by atomic mass is 9.85. The molecule has 35 heavy (non-hydrogen) atoms. The number of aryl methyl sites for hydroxylation is 1. The fourth-order valence-electron chi connectivity index (χ4n) is 4.73. The van der Waals surface area contributed by atoms with E-state index >= 15 is 0 Å². The Bertz CT molecular complexity index is 1490. The zero-order valence-corrected chi connectivity index (χ0v) is 20.1. The highest BCUT2D eigenvalue weighted by Crippen LogP contribution is 2.43. The summed E-state index contributed by atoms with van der Waals surface area (Å²) in [6.07, 6.45) is 1.17. The molecule has 0 bridgehead atoms. The van der Waals surface area contributed by atoms with E-state index in [2.05, 4.69) is 23.5 Å². The average molecular weight is 481 g/mol. The quantitative estimate of drug-likeness (QED) is 0.329. The summed E-state index contributed by atoms with van der Waals surface area (Å²) in [7, 11) is 0. The van der Waals surface area contributed by atoms with E-state index in [1.165, 1.54) is 5.56 Å². The van der Waals surface area contributed by atoms with Gasteiger partial charge in [-0.3, -0.25) is 4.79 Å². The summed E-state index contributed by atoms with van der Waals surface area (Å²) < 4.78 is 9.11. The molecule has 6 nitrogen and oxygen atoms in total. The monoisotopic (exact) mass is 480 g/mol. The SMILES string of the molecule is Cc1nn(-c2nc3ccccc3s2)c2c1C(c1ccccc1OCCc1ccccc1)CC(=O)N2. The zero-order chi connectivity index (χ0) is 23.8. The van der Waals surface area contributed by atoms with Gasteiger partial charge in [0, 0.05) is 29.9 Å². The number of carbonyl (C=O) groups is 1. The number of nitrogens with zero attached hydrogens (tertiary/aromatic N) is 3. The molecule has 1 unspecified atom stereocenters. The number of ether oxygens (including phenoxy) is 1. The van der Waals surface area contributed by atoms with E-state index < -0.39 is 0 Å². The minimum Gasteiger partial charge on any atom is -0.493 e. The Hall–Kier alpha value is -3.97. The van der Waals surface area contributed by atoms with Crippen molar-refractivity contribution in [3.8, 4) is 10.9 Å². The van der Waals surface area contributed by atoms with E-state index in [0.717, 1.165) is 44.3 Å². The molecule has 0 aliphatic carbocycles. The van der Waals surface area contributed by atoms with E-state index in [1.807, 2.05) is 67.6 Å². The third kappa shape index (κ3) is 4.08. The highest BCUT2D eigenvalue weighted by Gasteiger charge is 2.34. The molecule has 2 aromatic heterocycles. The van der Waals surface area contributed by atoms with Crippen LogP contribution < -0.4 is 10.1 Å². The van der Waals surface area contributed by atoms with E-state index in [-0.39, 0.29) is 11.8 Å². The maximum absolute atomic E-state index is 12.9. The number of aromatic nitrogens is 3. The van der Waals surface area contributed by atoms with Gasteiger partial charge in [0.2, 0.25) is 11.0 Å². The lowest BCUT2D eigenvalue weighted by molar-refractivity contribution is -0.116. The molecule has 6 rings (SSSR count). The molecule has 1 N–H and O–H groups in total. The first-order valence-electron chi connectivity index (χ1n) is 11.7. The van der Waals surface area contributed by atoms with Gasteiger partial charge >= 0.3 is 0 Å². The first kappa shape index (κ1) is 21.6. The maximum Gasteiger partial charge on any atom is 0.226 e. The fourth-order valence-corrected chi connectivity index (χ4v) is 5.65. The van der Waals surface area contributed by atoms with Crippen LogP contribution in [0.1, 0.15) is 34.7 Å². The van der Waals surface area contributed by atoms with Crippen LogP contribution in [0.15, 0.2) is 78.9 Å². The van der Waals surface area contributed by atoms with Crippen molar-refractivity contribution in [2.24, 2.45) is 0 Å². The highest BCUT2D eigenvalue weighted by molar-refractivity contribution is 7.20. The Morgan fingerprint density at radius 1 is 1.03 bits per heavy atom. The predicted octanol–water partition coefficient (Wildman–Crippen LogP) is 5.89. The third-order valence-corrected chi connectivity index (χ3v) is 7.36. The normalized spacial score (nSPS) is 15.1. The standard InChI is InChI=1S/C28H24N4O2S/c1-18-26-21(20-11-5-7-13-23(20)34-16-15-19-9-3-2-4-10-19)17-25(33)30-27(26)32(31-18)28-29-22-12-6-8-14-24(22)35-28/h2-14,21H,15-17H2,1H3,(H,30,33). The number of hydrogen-bond donors (Lipinski definition) is 1. The molecule has 174 valence electrons. The number of thiazole rings is 1. The van der Waals surface area contributed by atoms with Crippen LogP contribution in [0.3, 0.4) is 0 Å². The van der Waals surface area contributed by atoms with Crippen molar-refractivity contribution in [1.82, 2.24) is 14.8 Å². The largest absolute Gasteiger partial charge is 0.493 e. The molecular weight excluding hydrogens is 456 g/mol. The Balaban J connectivity index is 1.35. The van der Waals surface area contributed by atoms with Crippen LogP contribution in [0.4, 0.5) is 5.82 Å². The molecule has 3 aromatic carbocycles. The fraction of sp³-hybridized carbons (Fsp3) is 0.179. The van der Waals surface area contributed by atoms with Gasteiger partial charge in [-0.05, 0) is 30.7 Å². The van der Waals surface area contributed by atoms with Crippen LogP contribution in [0.2, 0.25) is 0 Å². The summed E-state index contributed by atoms with van der Waals surface area (Å²) in [6, 6.07) is 26.3. The average Bonchev–Trinajstić information content (AvgIpc) is 3.45. The smallest absolute Gasteiger partial charge is 0.226 e. The van der Waals surface area contributed by atoms with Gasteiger partial charge in [0.25, 0.3) is 0 Å². The van der Waals surface area contributed by atoms with E-state index in [9.17, 15) is 4.79 Å². The molecule has 0 spiro atoms. The number of amides is 1. The molecule has 0 fully saturated rings. The Morgan fingerprint density at radius 3 is 2.66 bits per heavy atom. The van der Waals surface area contributed by atoms with Gasteiger partial charge in [0.1, 0.15) is 11.6 Å². The van der Waals surface area contributed by atoms with E-state index in [1.54, 1.807) is 16.0 Å². The second-order valence-corrected chi connectivity index (χ2v) is 9.66. The number of rotatable bonds is 6. The second kappa shape index (κ2) is 9.00. The lowest BCUT2D eigenvalue weighted by Crippen LogP contribution is -2.25. The van der Waals surface area contributed by atoms with Crippen LogP contribution in [0, 0.1) is 6.92 Å². The summed E-state index contributed by atoms with van der Waals surface area (Å²) in [5.41, 5.74) is 5.05. The van der Waals surface area contributed by atoms with E-state index in [4.69, 9.17) is 14.8 Å². The summed E-state index contributed by atoms with van der Waals surface area (Å²) in [5.74, 6) is 1.32. The summed E-state index contributed by atoms with van der Waals surface area (Å²) >= 11 is 1.56. The first-order chi connectivity index (χ1) is 17.2. The van der Waals surface area contributed by atoms with Gasteiger partial charge in [-0.2, -0.15) is 9.78 Å². The van der Waals surface area contributed by atoms with Gasteiger partial charge in [0.05, 0.1) is 22.5 Å². The molecule has 1 amide bonds. The van der Waals surface area contributed by atoms with Crippen molar-refractivity contribution < 1.29 is 9.53 Å². The van der Waals surface area contributed by atoms with Crippen molar-refractivity contribution in [2.75, 3.05) is 11.9 Å². The third-order valence-electron chi connectivity index (χ3n) is 6.35. The van der Waals surface area contributed by atoms with E-state index in [0.29, 0.717) is 18.8 Å². The Labute approximate surface area is 207 Å². The van der Waals surface area contributed by atoms with Crippen molar-refractivity contribution >= 4 is 33.3 Å². The lowest BCUT2D eigenvalue weighted by Gasteiger charge is -2.25. The molecule has 1 aliphatic heterocycles. The van der Waals surface area contributed by atoms with Gasteiger partial charge in [-0.15, -0.1) is 0 Å². The molecule has 0 saturated heterocycles. The molecule has 1 atom stereocenters. The second-order valence-electron chi connectivity index (χ2n) is 8.65. The van der Waals surface area contributed by atoms with Gasteiger partial charge in [0.15, 0.2) is 0 Å². The molecule has 0 saturated carbocycles. The Kier molecular flexibility index (Phi) is 5.54. The highest BCUT2D eigenvalue weighted by atomic mass is 32.1. The van der Waals surface area contributed by atoms with Crippen molar-refractivity contribution in [2.45, 2.75) is 25.7 Å². The minimum atomic E-state index is -0.144. The number of nitrogens with one attached hydrogen (secondary N) is 1.